The molecule has 2 amide bonds. The monoisotopic (exact) mass is 362 g/mol. The van der Waals surface area contributed by atoms with Crippen LogP contribution in [0.5, 0.6) is 5.75 Å². The molecule has 0 aliphatic rings. The molecule has 0 fully saturated rings. The Morgan fingerprint density at radius 1 is 1.15 bits per heavy atom. The van der Waals surface area contributed by atoms with E-state index in [1.807, 2.05) is 0 Å². The molecule has 1 atom stereocenters. The normalized spacial score (nSPS) is 11.5. The maximum Gasteiger partial charge on any atom is 0.255 e. The summed E-state index contributed by atoms with van der Waals surface area (Å²) in [5.74, 6) is -1.49. The van der Waals surface area contributed by atoms with Gasteiger partial charge in [-0.2, -0.15) is 0 Å². The van der Waals surface area contributed by atoms with E-state index in [2.05, 4.69) is 10.6 Å². The van der Waals surface area contributed by atoms with Crippen molar-refractivity contribution in [3.05, 3.63) is 65.2 Å². The summed E-state index contributed by atoms with van der Waals surface area (Å²) in [6.07, 6.45) is 0.00215. The molecule has 0 radical (unpaired) electrons. The Balaban J connectivity index is 1.85. The molecule has 0 heterocycles. The number of nitrogens with one attached hydrogen (secondary N) is 2. The standard InChI is InChI=1S/C19H20F2N2O3/c1-12(15-11-13(20)7-8-16(15)21)23-18(24)9-10-22-19(25)14-5-3-4-6-17(14)26-2/h3-8,11-12H,9-10H2,1-2H3,(H,22,25)(H,23,24). The zero-order chi connectivity index (χ0) is 19.1. The predicted octanol–water partition coefficient (Wildman–Crippen LogP) is 2.97. The largest absolute Gasteiger partial charge is 0.496 e. The van der Waals surface area contributed by atoms with Gasteiger partial charge in [0, 0.05) is 18.5 Å². The molecule has 26 heavy (non-hydrogen) atoms. The number of carbonyl (C=O) groups is 2. The Labute approximate surface area is 150 Å². The smallest absolute Gasteiger partial charge is 0.255 e. The summed E-state index contributed by atoms with van der Waals surface area (Å²) < 4.78 is 32.0. The molecule has 2 aromatic rings. The van der Waals surface area contributed by atoms with E-state index in [0.717, 1.165) is 18.2 Å². The second kappa shape index (κ2) is 8.94. The lowest BCUT2D eigenvalue weighted by Crippen LogP contribution is -2.32. The highest BCUT2D eigenvalue weighted by molar-refractivity contribution is 5.97. The average Bonchev–Trinajstić information content (AvgIpc) is 2.63. The number of methoxy groups -OCH3 is 1. The molecule has 0 saturated heterocycles. The molecular formula is C19H20F2N2O3. The highest BCUT2D eigenvalue weighted by atomic mass is 19.1. The van der Waals surface area contributed by atoms with Gasteiger partial charge in [-0.05, 0) is 37.3 Å². The van der Waals surface area contributed by atoms with Crippen molar-refractivity contribution in [3.8, 4) is 5.75 Å². The van der Waals surface area contributed by atoms with Crippen LogP contribution in [-0.2, 0) is 4.79 Å². The molecule has 2 N–H and O–H groups in total. The molecule has 0 saturated carbocycles. The minimum absolute atomic E-state index is 0.00215. The lowest BCUT2D eigenvalue weighted by molar-refractivity contribution is -0.121. The third-order valence-electron chi connectivity index (χ3n) is 3.79. The van der Waals surface area contributed by atoms with Gasteiger partial charge in [-0.1, -0.05) is 12.1 Å². The van der Waals surface area contributed by atoms with Gasteiger partial charge in [-0.3, -0.25) is 9.59 Å². The Kier molecular flexibility index (Phi) is 6.66. The number of hydrogen-bond donors (Lipinski definition) is 2. The summed E-state index contributed by atoms with van der Waals surface area (Å²) in [4.78, 5) is 24.1. The van der Waals surface area contributed by atoms with Crippen molar-refractivity contribution in [2.24, 2.45) is 0 Å². The second-order valence-corrected chi connectivity index (χ2v) is 5.66. The third kappa shape index (κ3) is 5.02. The summed E-state index contributed by atoms with van der Waals surface area (Å²) in [5, 5.41) is 5.20. The van der Waals surface area contributed by atoms with Crippen LogP contribution in [0.2, 0.25) is 0 Å². The minimum Gasteiger partial charge on any atom is -0.496 e. The summed E-state index contributed by atoms with van der Waals surface area (Å²) in [7, 11) is 1.46. The first-order valence-electron chi connectivity index (χ1n) is 8.08. The van der Waals surface area contributed by atoms with Crippen molar-refractivity contribution in [2.75, 3.05) is 13.7 Å². The lowest BCUT2D eigenvalue weighted by atomic mass is 10.1. The number of benzene rings is 2. The topological polar surface area (TPSA) is 67.4 Å². The quantitative estimate of drug-likeness (QED) is 0.796. The number of carbonyl (C=O) groups excluding carboxylic acids is 2. The molecule has 1 unspecified atom stereocenters. The summed E-state index contributed by atoms with van der Waals surface area (Å²) in [6, 6.07) is 9.11. The first-order valence-corrected chi connectivity index (χ1v) is 8.08. The van der Waals surface area contributed by atoms with Gasteiger partial charge in [0.1, 0.15) is 17.4 Å². The average molecular weight is 362 g/mol. The number of rotatable bonds is 7. The van der Waals surface area contributed by atoms with E-state index < -0.39 is 17.7 Å². The van der Waals surface area contributed by atoms with Crippen LogP contribution in [-0.4, -0.2) is 25.5 Å². The number of ether oxygens (including phenoxy) is 1. The van der Waals surface area contributed by atoms with Crippen molar-refractivity contribution in [1.82, 2.24) is 10.6 Å². The van der Waals surface area contributed by atoms with Crippen molar-refractivity contribution >= 4 is 11.8 Å². The number of para-hydroxylation sites is 1. The number of hydrogen-bond acceptors (Lipinski definition) is 3. The van der Waals surface area contributed by atoms with Crippen LogP contribution in [0.4, 0.5) is 8.78 Å². The molecule has 2 rings (SSSR count). The van der Waals surface area contributed by atoms with Crippen molar-refractivity contribution in [2.45, 2.75) is 19.4 Å². The fraction of sp³-hybridized carbons (Fsp3) is 0.263. The number of amides is 2. The van der Waals surface area contributed by atoms with Crippen molar-refractivity contribution in [3.63, 3.8) is 0 Å². The number of halogens is 2. The van der Waals surface area contributed by atoms with E-state index in [1.165, 1.54) is 7.11 Å². The molecule has 0 spiro atoms. The van der Waals surface area contributed by atoms with Crippen LogP contribution in [0.3, 0.4) is 0 Å². The Morgan fingerprint density at radius 2 is 1.88 bits per heavy atom. The van der Waals surface area contributed by atoms with Gasteiger partial charge in [0.15, 0.2) is 0 Å². The van der Waals surface area contributed by atoms with E-state index in [4.69, 9.17) is 4.74 Å². The molecule has 0 aliphatic heterocycles. The van der Waals surface area contributed by atoms with Gasteiger partial charge < -0.3 is 15.4 Å². The molecular weight excluding hydrogens is 342 g/mol. The van der Waals surface area contributed by atoms with Crippen LogP contribution in [0.25, 0.3) is 0 Å². The summed E-state index contributed by atoms with van der Waals surface area (Å²) >= 11 is 0. The van der Waals surface area contributed by atoms with Gasteiger partial charge in [-0.25, -0.2) is 8.78 Å². The van der Waals surface area contributed by atoms with Crippen molar-refractivity contribution < 1.29 is 23.1 Å². The Hall–Kier alpha value is -2.96. The Morgan fingerprint density at radius 3 is 2.62 bits per heavy atom. The molecule has 138 valence electrons. The van der Waals surface area contributed by atoms with E-state index in [9.17, 15) is 18.4 Å². The van der Waals surface area contributed by atoms with Crippen LogP contribution in [0.15, 0.2) is 42.5 Å². The fourth-order valence-corrected chi connectivity index (χ4v) is 2.45. The van der Waals surface area contributed by atoms with Crippen LogP contribution in [0, 0.1) is 11.6 Å². The molecule has 0 bridgehead atoms. The van der Waals surface area contributed by atoms with Gasteiger partial charge in [0.25, 0.3) is 5.91 Å². The molecule has 7 heteroatoms. The van der Waals surface area contributed by atoms with Crippen LogP contribution in [0.1, 0.15) is 35.3 Å². The second-order valence-electron chi connectivity index (χ2n) is 5.66. The van der Waals surface area contributed by atoms with E-state index in [-0.39, 0.29) is 30.3 Å². The first kappa shape index (κ1) is 19.4. The maximum absolute atomic E-state index is 13.7. The highest BCUT2D eigenvalue weighted by Gasteiger charge is 2.15. The molecule has 2 aromatic carbocycles. The molecule has 0 aromatic heterocycles. The third-order valence-corrected chi connectivity index (χ3v) is 3.79. The van der Waals surface area contributed by atoms with Gasteiger partial charge in [0.2, 0.25) is 5.91 Å². The highest BCUT2D eigenvalue weighted by Crippen LogP contribution is 2.18. The maximum atomic E-state index is 13.7. The van der Waals surface area contributed by atoms with E-state index in [0.29, 0.717) is 11.3 Å². The summed E-state index contributed by atoms with van der Waals surface area (Å²) in [5.41, 5.74) is 0.432. The van der Waals surface area contributed by atoms with Gasteiger partial charge in [0.05, 0.1) is 18.7 Å². The minimum atomic E-state index is -0.692. The van der Waals surface area contributed by atoms with E-state index >= 15 is 0 Å². The van der Waals surface area contributed by atoms with E-state index in [1.54, 1.807) is 31.2 Å². The predicted molar refractivity (Wildman–Crippen MR) is 92.9 cm³/mol. The zero-order valence-electron chi connectivity index (χ0n) is 14.5. The first-order chi connectivity index (χ1) is 12.4. The lowest BCUT2D eigenvalue weighted by Gasteiger charge is -2.15. The van der Waals surface area contributed by atoms with Crippen LogP contribution < -0.4 is 15.4 Å². The van der Waals surface area contributed by atoms with Gasteiger partial charge >= 0.3 is 0 Å². The Bertz CT molecular complexity index is 796. The fourth-order valence-electron chi connectivity index (χ4n) is 2.45. The molecule has 5 nitrogen and oxygen atoms in total. The molecule has 0 aliphatic carbocycles. The van der Waals surface area contributed by atoms with Crippen LogP contribution >= 0.6 is 0 Å². The summed E-state index contributed by atoms with van der Waals surface area (Å²) in [6.45, 7) is 1.66. The van der Waals surface area contributed by atoms with Gasteiger partial charge in [-0.15, -0.1) is 0 Å². The zero-order valence-corrected chi connectivity index (χ0v) is 14.5. The van der Waals surface area contributed by atoms with Crippen molar-refractivity contribution in [1.29, 1.82) is 0 Å². The SMILES string of the molecule is COc1ccccc1C(=O)NCCC(=O)NC(C)c1cc(F)ccc1F.